The maximum absolute atomic E-state index is 4.61. The van der Waals surface area contributed by atoms with Gasteiger partial charge in [-0.15, -0.1) is 0 Å². The number of benzene rings is 1. The highest BCUT2D eigenvalue weighted by molar-refractivity contribution is 7.22. The summed E-state index contributed by atoms with van der Waals surface area (Å²) in [7, 11) is 6.10. The highest BCUT2D eigenvalue weighted by Gasteiger charge is 2.16. The number of para-hydroxylation sites is 1. The number of aryl methyl sites for hydroxylation is 1. The molecular weight excluding hydrogens is 282 g/mol. The van der Waals surface area contributed by atoms with E-state index >= 15 is 0 Å². The van der Waals surface area contributed by atoms with Gasteiger partial charge in [0, 0.05) is 25.4 Å². The van der Waals surface area contributed by atoms with Crippen LogP contribution in [0.2, 0.25) is 0 Å². The molecule has 0 saturated carbocycles. The highest BCUT2D eigenvalue weighted by atomic mass is 32.1. The van der Waals surface area contributed by atoms with Crippen molar-refractivity contribution in [3.8, 4) is 0 Å². The first-order valence-electron chi connectivity index (χ1n) is 6.88. The quantitative estimate of drug-likeness (QED) is 0.787. The lowest BCUT2D eigenvalue weighted by molar-refractivity contribution is 0.311. The summed E-state index contributed by atoms with van der Waals surface area (Å²) in [6.45, 7) is 0.804. The Hall–Kier alpha value is -1.92. The van der Waals surface area contributed by atoms with E-state index in [1.165, 1.54) is 10.3 Å². The molecule has 0 amide bonds. The number of rotatable bonds is 5. The van der Waals surface area contributed by atoms with Crippen molar-refractivity contribution in [2.45, 2.75) is 6.04 Å². The Labute approximate surface area is 128 Å². The number of hydrogen-bond acceptors (Lipinski definition) is 5. The second-order valence-corrected chi connectivity index (χ2v) is 6.33. The zero-order chi connectivity index (χ0) is 14.8. The molecule has 2 heterocycles. The molecule has 0 bridgehead atoms. The Morgan fingerprint density at radius 2 is 2.14 bits per heavy atom. The maximum Gasteiger partial charge on any atom is 0.183 e. The molecule has 21 heavy (non-hydrogen) atoms. The fourth-order valence-electron chi connectivity index (χ4n) is 2.34. The Balaban J connectivity index is 1.74. The van der Waals surface area contributed by atoms with Gasteiger partial charge in [-0.05, 0) is 26.2 Å². The molecule has 3 aromatic rings. The van der Waals surface area contributed by atoms with Crippen molar-refractivity contribution in [1.82, 2.24) is 19.7 Å². The normalized spacial score (nSPS) is 13.0. The first kappa shape index (κ1) is 14.0. The van der Waals surface area contributed by atoms with E-state index in [2.05, 4.69) is 46.7 Å². The van der Waals surface area contributed by atoms with Crippen LogP contribution in [0.25, 0.3) is 10.2 Å². The Morgan fingerprint density at radius 1 is 1.33 bits per heavy atom. The summed E-state index contributed by atoms with van der Waals surface area (Å²) >= 11 is 1.69. The first-order chi connectivity index (χ1) is 10.1. The Morgan fingerprint density at radius 3 is 2.81 bits per heavy atom. The smallest absolute Gasteiger partial charge is 0.183 e. The summed E-state index contributed by atoms with van der Waals surface area (Å²) in [5, 5.41) is 8.68. The summed E-state index contributed by atoms with van der Waals surface area (Å²) in [6, 6.07) is 8.47. The van der Waals surface area contributed by atoms with Crippen LogP contribution in [-0.2, 0) is 7.05 Å². The predicted octanol–water partition coefficient (Wildman–Crippen LogP) is 2.74. The van der Waals surface area contributed by atoms with Gasteiger partial charge in [-0.1, -0.05) is 23.5 Å². The van der Waals surface area contributed by atoms with Crippen molar-refractivity contribution in [2.24, 2.45) is 7.05 Å². The average molecular weight is 301 g/mol. The number of thiazole rings is 1. The van der Waals surface area contributed by atoms with E-state index in [0.717, 1.165) is 17.2 Å². The third-order valence-electron chi connectivity index (χ3n) is 3.47. The number of nitrogens with one attached hydrogen (secondary N) is 1. The molecule has 1 atom stereocenters. The molecule has 110 valence electrons. The van der Waals surface area contributed by atoms with Gasteiger partial charge in [0.2, 0.25) is 0 Å². The third-order valence-corrected chi connectivity index (χ3v) is 4.47. The summed E-state index contributed by atoms with van der Waals surface area (Å²) in [5.41, 5.74) is 2.25. The van der Waals surface area contributed by atoms with Crippen LogP contribution < -0.4 is 5.32 Å². The van der Waals surface area contributed by atoms with Gasteiger partial charge in [-0.3, -0.25) is 4.68 Å². The molecule has 1 aromatic carbocycles. The topological polar surface area (TPSA) is 46.0 Å². The summed E-state index contributed by atoms with van der Waals surface area (Å²) in [6.07, 6.45) is 3.98. The molecule has 0 radical (unpaired) electrons. The second kappa shape index (κ2) is 5.83. The molecule has 0 aliphatic rings. The molecule has 5 nitrogen and oxygen atoms in total. The second-order valence-electron chi connectivity index (χ2n) is 5.29. The zero-order valence-corrected chi connectivity index (χ0v) is 13.3. The lowest BCUT2D eigenvalue weighted by Crippen LogP contribution is -2.26. The standard InChI is InChI=1S/C15H19N5S/c1-19(2)13(11-8-17-20(3)10-11)9-16-15-18-12-6-4-5-7-14(12)21-15/h4-8,10,13H,9H2,1-3H3,(H,16,18). The lowest BCUT2D eigenvalue weighted by Gasteiger charge is -2.23. The van der Waals surface area contributed by atoms with Crippen LogP contribution in [0.4, 0.5) is 5.13 Å². The molecule has 1 unspecified atom stereocenters. The fourth-order valence-corrected chi connectivity index (χ4v) is 3.22. The van der Waals surface area contributed by atoms with E-state index in [9.17, 15) is 0 Å². The van der Waals surface area contributed by atoms with Gasteiger partial charge in [0.25, 0.3) is 0 Å². The molecule has 2 aromatic heterocycles. The number of nitrogens with zero attached hydrogens (tertiary/aromatic N) is 4. The molecule has 1 N–H and O–H groups in total. The molecule has 0 saturated heterocycles. The van der Waals surface area contributed by atoms with E-state index in [0.29, 0.717) is 0 Å². The maximum atomic E-state index is 4.61. The van der Waals surface area contributed by atoms with Crippen molar-refractivity contribution >= 4 is 26.7 Å². The van der Waals surface area contributed by atoms with Gasteiger partial charge in [0.15, 0.2) is 5.13 Å². The summed E-state index contributed by atoms with van der Waals surface area (Å²) in [5.74, 6) is 0. The first-order valence-corrected chi connectivity index (χ1v) is 7.69. The van der Waals surface area contributed by atoms with E-state index < -0.39 is 0 Å². The zero-order valence-electron chi connectivity index (χ0n) is 12.4. The van der Waals surface area contributed by atoms with Crippen LogP contribution in [0.5, 0.6) is 0 Å². The van der Waals surface area contributed by atoms with Crippen molar-refractivity contribution < 1.29 is 0 Å². The van der Waals surface area contributed by atoms with Crippen LogP contribution in [0.3, 0.4) is 0 Å². The molecule has 0 aliphatic carbocycles. The number of hydrogen-bond donors (Lipinski definition) is 1. The molecular formula is C15H19N5S. The van der Waals surface area contributed by atoms with Crippen LogP contribution in [0.1, 0.15) is 11.6 Å². The fraction of sp³-hybridized carbons (Fsp3) is 0.333. The van der Waals surface area contributed by atoms with Gasteiger partial charge in [0.1, 0.15) is 0 Å². The van der Waals surface area contributed by atoms with Gasteiger partial charge in [-0.2, -0.15) is 5.10 Å². The predicted molar refractivity (Wildman–Crippen MR) is 87.7 cm³/mol. The number of likely N-dealkylation sites (N-methyl/N-ethyl adjacent to an activating group) is 1. The molecule has 0 spiro atoms. The third kappa shape index (κ3) is 3.06. The monoisotopic (exact) mass is 301 g/mol. The molecule has 0 aliphatic heterocycles. The minimum atomic E-state index is 0.269. The van der Waals surface area contributed by atoms with E-state index in [4.69, 9.17) is 0 Å². The largest absolute Gasteiger partial charge is 0.360 e. The van der Waals surface area contributed by atoms with Crippen molar-refractivity contribution in [2.75, 3.05) is 26.0 Å². The molecule has 3 rings (SSSR count). The Kier molecular flexibility index (Phi) is 3.90. The number of anilines is 1. The average Bonchev–Trinajstić information content (AvgIpc) is 3.04. The Bertz CT molecular complexity index is 697. The van der Waals surface area contributed by atoms with Gasteiger partial charge >= 0.3 is 0 Å². The number of fused-ring (bicyclic) bond motifs is 1. The van der Waals surface area contributed by atoms with E-state index in [1.807, 2.05) is 36.1 Å². The highest BCUT2D eigenvalue weighted by Crippen LogP contribution is 2.26. The van der Waals surface area contributed by atoms with E-state index in [1.54, 1.807) is 11.3 Å². The van der Waals surface area contributed by atoms with E-state index in [-0.39, 0.29) is 6.04 Å². The van der Waals surface area contributed by atoms with Crippen LogP contribution in [-0.4, -0.2) is 40.3 Å². The van der Waals surface area contributed by atoms with Crippen molar-refractivity contribution in [3.05, 3.63) is 42.2 Å². The van der Waals surface area contributed by atoms with Gasteiger partial charge in [0.05, 0.1) is 22.5 Å². The molecule has 0 fully saturated rings. The molecule has 6 heteroatoms. The summed E-state index contributed by atoms with van der Waals surface area (Å²) in [4.78, 5) is 6.80. The minimum Gasteiger partial charge on any atom is -0.360 e. The SMILES string of the molecule is CN(C)C(CNc1nc2ccccc2s1)c1cnn(C)c1. The number of aromatic nitrogens is 3. The van der Waals surface area contributed by atoms with Crippen LogP contribution in [0.15, 0.2) is 36.7 Å². The lowest BCUT2D eigenvalue weighted by atomic mass is 10.1. The van der Waals surface area contributed by atoms with Crippen molar-refractivity contribution in [1.29, 1.82) is 0 Å². The van der Waals surface area contributed by atoms with Crippen LogP contribution in [0, 0.1) is 0 Å². The minimum absolute atomic E-state index is 0.269. The van der Waals surface area contributed by atoms with Gasteiger partial charge < -0.3 is 10.2 Å². The summed E-state index contributed by atoms with van der Waals surface area (Å²) < 4.78 is 3.05. The van der Waals surface area contributed by atoms with Crippen LogP contribution >= 0.6 is 11.3 Å². The van der Waals surface area contributed by atoms with Crippen molar-refractivity contribution in [3.63, 3.8) is 0 Å². The van der Waals surface area contributed by atoms with Gasteiger partial charge in [-0.25, -0.2) is 4.98 Å².